The van der Waals surface area contributed by atoms with Gasteiger partial charge in [0.05, 0.1) is 0 Å². The van der Waals surface area contributed by atoms with E-state index in [0.29, 0.717) is 5.75 Å². The minimum Gasteiger partial charge on any atom is -0.410 e. The van der Waals surface area contributed by atoms with Crippen molar-refractivity contribution in [1.29, 1.82) is 0 Å². The summed E-state index contributed by atoms with van der Waals surface area (Å²) in [5, 5.41) is 0. The number of rotatable bonds is 6. The van der Waals surface area contributed by atoms with Crippen LogP contribution in [0.3, 0.4) is 0 Å². The monoisotopic (exact) mass is 438 g/mol. The molecule has 30 heavy (non-hydrogen) atoms. The van der Waals surface area contributed by atoms with E-state index in [2.05, 4.69) is 24.0 Å². The first-order valence-electron chi connectivity index (χ1n) is 9.33. The number of carbonyl (C=O) groups excluding carboxylic acids is 1. The van der Waals surface area contributed by atoms with Gasteiger partial charge < -0.3 is 14.5 Å². The van der Waals surface area contributed by atoms with Crippen molar-refractivity contribution in [3.05, 3.63) is 65.7 Å². The van der Waals surface area contributed by atoms with Gasteiger partial charge in [-0.15, -0.1) is 0 Å². The highest BCUT2D eigenvalue weighted by Crippen LogP contribution is 2.22. The van der Waals surface area contributed by atoms with E-state index >= 15 is 0 Å². The van der Waals surface area contributed by atoms with Gasteiger partial charge in [0, 0.05) is 19.1 Å². The highest BCUT2D eigenvalue weighted by atomic mass is 32.3. The standard InChI is InChI=1S/C21H28N2O2.H2O4S/c1-16(14-18-10-7-6-8-11-18)23(5)21(24)25-20-13-9-12-19(15-20)17(2)22(3)4;1-5(2,3)4/h6-13,15-17H,14H2,1-5H3;(H2,1,2,3,4)/t16-,17+;/m1./s1. The fourth-order valence-electron chi connectivity index (χ4n) is 2.58. The second-order valence-electron chi connectivity index (χ2n) is 7.18. The number of amides is 1. The molecule has 166 valence electrons. The van der Waals surface area contributed by atoms with Gasteiger partial charge >= 0.3 is 16.5 Å². The van der Waals surface area contributed by atoms with Crippen molar-refractivity contribution in [2.45, 2.75) is 32.4 Å². The Morgan fingerprint density at radius 2 is 1.57 bits per heavy atom. The minimum absolute atomic E-state index is 0.0544. The van der Waals surface area contributed by atoms with E-state index in [-0.39, 0.29) is 18.2 Å². The Bertz CT molecular complexity index is 895. The largest absolute Gasteiger partial charge is 0.415 e. The summed E-state index contributed by atoms with van der Waals surface area (Å²) in [4.78, 5) is 16.2. The van der Waals surface area contributed by atoms with Crippen molar-refractivity contribution in [3.63, 3.8) is 0 Å². The molecule has 0 aliphatic heterocycles. The molecule has 8 nitrogen and oxygen atoms in total. The van der Waals surface area contributed by atoms with Crippen LogP contribution in [-0.4, -0.2) is 60.6 Å². The molecule has 0 aromatic heterocycles. The van der Waals surface area contributed by atoms with Crippen LogP contribution in [0.5, 0.6) is 5.75 Å². The normalized spacial score (nSPS) is 13.1. The molecule has 0 fully saturated rings. The highest BCUT2D eigenvalue weighted by Gasteiger charge is 2.18. The van der Waals surface area contributed by atoms with Gasteiger partial charge in [-0.05, 0) is 57.6 Å². The van der Waals surface area contributed by atoms with Crippen LogP contribution in [0.1, 0.15) is 31.0 Å². The number of ether oxygens (including phenoxy) is 1. The van der Waals surface area contributed by atoms with Gasteiger partial charge in [-0.3, -0.25) is 9.11 Å². The van der Waals surface area contributed by atoms with Crippen LogP contribution in [-0.2, 0) is 16.8 Å². The summed E-state index contributed by atoms with van der Waals surface area (Å²) < 4.78 is 37.2. The predicted molar refractivity (Wildman–Crippen MR) is 116 cm³/mol. The van der Waals surface area contributed by atoms with E-state index in [9.17, 15) is 4.79 Å². The van der Waals surface area contributed by atoms with Gasteiger partial charge in [0.15, 0.2) is 0 Å². The average Bonchev–Trinajstić information content (AvgIpc) is 2.66. The fourth-order valence-corrected chi connectivity index (χ4v) is 2.58. The zero-order chi connectivity index (χ0) is 22.9. The molecule has 0 radical (unpaired) electrons. The van der Waals surface area contributed by atoms with Crippen molar-refractivity contribution in [2.24, 2.45) is 0 Å². The molecule has 2 rings (SSSR count). The molecule has 0 heterocycles. The Labute approximate surface area is 178 Å². The Morgan fingerprint density at radius 3 is 2.10 bits per heavy atom. The maximum atomic E-state index is 12.5. The molecule has 1 amide bonds. The van der Waals surface area contributed by atoms with Gasteiger partial charge in [-0.25, -0.2) is 4.79 Å². The van der Waals surface area contributed by atoms with Crippen molar-refractivity contribution in [1.82, 2.24) is 9.80 Å². The molecular formula is C21H30N2O6S. The van der Waals surface area contributed by atoms with E-state index in [1.54, 1.807) is 11.9 Å². The minimum atomic E-state index is -4.67. The molecule has 0 saturated carbocycles. The molecule has 0 bridgehead atoms. The third-order valence-electron chi connectivity index (χ3n) is 4.64. The zero-order valence-electron chi connectivity index (χ0n) is 17.9. The first-order chi connectivity index (χ1) is 13.9. The lowest BCUT2D eigenvalue weighted by atomic mass is 10.1. The smallest absolute Gasteiger partial charge is 0.410 e. The van der Waals surface area contributed by atoms with Crippen LogP contribution >= 0.6 is 0 Å². The molecule has 2 N–H and O–H groups in total. The molecular weight excluding hydrogens is 408 g/mol. The van der Waals surface area contributed by atoms with Gasteiger partial charge in [-0.2, -0.15) is 8.42 Å². The number of hydrogen-bond acceptors (Lipinski definition) is 5. The lowest BCUT2D eigenvalue weighted by molar-refractivity contribution is 0.148. The lowest BCUT2D eigenvalue weighted by Gasteiger charge is -2.25. The van der Waals surface area contributed by atoms with Crippen LogP contribution in [0.2, 0.25) is 0 Å². The second kappa shape index (κ2) is 11.7. The van der Waals surface area contributed by atoms with E-state index in [0.717, 1.165) is 12.0 Å². The Kier molecular flexibility index (Phi) is 9.94. The number of likely N-dealkylation sites (N-methyl/N-ethyl adjacent to an activating group) is 1. The van der Waals surface area contributed by atoms with Gasteiger partial charge in [0.25, 0.3) is 0 Å². The van der Waals surface area contributed by atoms with Gasteiger partial charge in [-0.1, -0.05) is 42.5 Å². The van der Waals surface area contributed by atoms with Gasteiger partial charge in [0.1, 0.15) is 5.75 Å². The molecule has 0 spiro atoms. The van der Waals surface area contributed by atoms with Crippen molar-refractivity contribution in [3.8, 4) is 5.75 Å². The summed E-state index contributed by atoms with van der Waals surface area (Å²) in [6.07, 6.45) is 0.461. The summed E-state index contributed by atoms with van der Waals surface area (Å²) in [6.45, 7) is 4.15. The summed E-state index contributed by atoms with van der Waals surface area (Å²) in [7, 11) is 1.17. The number of carbonyl (C=O) groups is 1. The molecule has 2 aromatic rings. The summed E-state index contributed by atoms with van der Waals surface area (Å²) in [5.41, 5.74) is 2.33. The van der Waals surface area contributed by atoms with E-state index in [1.165, 1.54) is 5.56 Å². The topological polar surface area (TPSA) is 107 Å². The first kappa shape index (κ1) is 25.6. The summed E-state index contributed by atoms with van der Waals surface area (Å²) in [5.74, 6) is 0.579. The summed E-state index contributed by atoms with van der Waals surface area (Å²) in [6, 6.07) is 18.2. The third-order valence-corrected chi connectivity index (χ3v) is 4.64. The average molecular weight is 439 g/mol. The quantitative estimate of drug-likeness (QED) is 0.662. The third kappa shape index (κ3) is 9.84. The van der Waals surface area contributed by atoms with Crippen LogP contribution in [0.4, 0.5) is 4.79 Å². The van der Waals surface area contributed by atoms with E-state index < -0.39 is 10.4 Å². The predicted octanol–water partition coefficient (Wildman–Crippen LogP) is 3.72. The molecule has 2 aromatic carbocycles. The van der Waals surface area contributed by atoms with Crippen LogP contribution in [0, 0.1) is 0 Å². The van der Waals surface area contributed by atoms with E-state index in [4.69, 9.17) is 22.3 Å². The van der Waals surface area contributed by atoms with Crippen molar-refractivity contribution >= 4 is 16.5 Å². The van der Waals surface area contributed by atoms with Crippen molar-refractivity contribution in [2.75, 3.05) is 21.1 Å². The molecule has 0 saturated heterocycles. The summed E-state index contributed by atoms with van der Waals surface area (Å²) >= 11 is 0. The molecule has 0 unspecified atom stereocenters. The van der Waals surface area contributed by atoms with Gasteiger partial charge in [0.2, 0.25) is 0 Å². The molecule has 2 atom stereocenters. The fraction of sp³-hybridized carbons (Fsp3) is 0.381. The van der Waals surface area contributed by atoms with Crippen molar-refractivity contribution < 1.29 is 27.1 Å². The Morgan fingerprint density at radius 1 is 1.00 bits per heavy atom. The van der Waals surface area contributed by atoms with Crippen LogP contribution in [0.15, 0.2) is 54.6 Å². The molecule has 0 aliphatic carbocycles. The maximum absolute atomic E-state index is 12.5. The number of hydrogen-bond donors (Lipinski definition) is 2. The molecule has 0 aliphatic rings. The maximum Gasteiger partial charge on any atom is 0.415 e. The Hall–Kier alpha value is -2.46. The lowest BCUT2D eigenvalue weighted by Crippen LogP contribution is -2.38. The number of benzene rings is 2. The second-order valence-corrected chi connectivity index (χ2v) is 8.07. The highest BCUT2D eigenvalue weighted by molar-refractivity contribution is 7.79. The first-order valence-corrected chi connectivity index (χ1v) is 10.7. The van der Waals surface area contributed by atoms with Crippen LogP contribution < -0.4 is 4.74 Å². The molecule has 9 heteroatoms. The number of nitrogens with zero attached hydrogens (tertiary/aromatic N) is 2. The SMILES string of the molecule is C[C@H](Cc1ccccc1)N(C)C(=O)Oc1cccc([C@H](C)N(C)C)c1.O=S(=O)(O)O. The van der Waals surface area contributed by atoms with Crippen LogP contribution in [0.25, 0.3) is 0 Å². The van der Waals surface area contributed by atoms with E-state index in [1.807, 2.05) is 63.5 Å². The zero-order valence-corrected chi connectivity index (χ0v) is 18.7. The Balaban J connectivity index is 0.000000804.